The molecule has 0 aliphatic rings. The summed E-state index contributed by atoms with van der Waals surface area (Å²) < 4.78 is 17.5. The van der Waals surface area contributed by atoms with Crippen molar-refractivity contribution in [2.24, 2.45) is 0 Å². The largest absolute Gasteiger partial charge is 0.462 e. The third-order valence-corrected chi connectivity index (χ3v) is 12.7. The van der Waals surface area contributed by atoms with Gasteiger partial charge < -0.3 is 14.2 Å². The molecule has 0 rings (SSSR count). The monoisotopic (exact) mass is 899 g/mol. The first-order valence-corrected chi connectivity index (χ1v) is 28.5. The highest BCUT2D eigenvalue weighted by Gasteiger charge is 2.17. The molecule has 0 bridgehead atoms. The zero-order valence-electron chi connectivity index (χ0n) is 43.3. The van der Waals surface area contributed by atoms with Crippen molar-refractivity contribution >= 4 is 11.9 Å². The van der Waals surface area contributed by atoms with E-state index in [1.165, 1.54) is 212 Å². The lowest BCUT2D eigenvalue weighted by Crippen LogP contribution is -2.30. The summed E-state index contributed by atoms with van der Waals surface area (Å²) in [7, 11) is 0. The van der Waals surface area contributed by atoms with E-state index in [1.807, 2.05) is 0 Å². The average Bonchev–Trinajstić information content (AvgIpc) is 3.30. The van der Waals surface area contributed by atoms with Gasteiger partial charge in [-0.2, -0.15) is 0 Å². The van der Waals surface area contributed by atoms with Gasteiger partial charge in [0.1, 0.15) is 6.61 Å². The number of allylic oxidation sites excluding steroid dienone is 6. The van der Waals surface area contributed by atoms with Crippen LogP contribution in [-0.4, -0.2) is 37.9 Å². The number of esters is 2. The molecule has 0 aromatic heterocycles. The smallest absolute Gasteiger partial charge is 0.306 e. The van der Waals surface area contributed by atoms with Gasteiger partial charge in [-0.25, -0.2) is 0 Å². The Balaban J connectivity index is 4.21. The molecule has 0 saturated heterocycles. The standard InChI is InChI=1S/C59H110O5/c1-4-7-10-13-16-19-22-25-27-29-31-33-36-39-42-45-48-51-54-62-55-57(64-59(61)53-50-47-44-41-38-34-24-21-18-15-12-9-6-3)56-63-58(60)52-49-46-43-40-37-35-32-30-28-26-23-20-17-14-11-8-5-2/h7,10,16,19,25,27,57H,4-6,8-9,11-15,17-18,20-24,26,28-56H2,1-3H3/b10-7-,19-16-,27-25-. The Morgan fingerprint density at radius 2 is 0.703 bits per heavy atom. The number of ether oxygens (including phenoxy) is 3. The second-order valence-corrected chi connectivity index (χ2v) is 19.2. The lowest BCUT2D eigenvalue weighted by molar-refractivity contribution is -0.163. The molecule has 64 heavy (non-hydrogen) atoms. The minimum absolute atomic E-state index is 0.0892. The minimum Gasteiger partial charge on any atom is -0.462 e. The molecule has 1 unspecified atom stereocenters. The molecule has 0 N–H and O–H groups in total. The number of unbranched alkanes of at least 4 members (excludes halogenated alkanes) is 36. The quantitative estimate of drug-likeness (QED) is 0.0346. The summed E-state index contributed by atoms with van der Waals surface area (Å²) in [5.41, 5.74) is 0. The second-order valence-electron chi connectivity index (χ2n) is 19.2. The van der Waals surface area contributed by atoms with E-state index in [0.29, 0.717) is 19.4 Å². The number of carbonyl (C=O) groups excluding carboxylic acids is 2. The number of carbonyl (C=O) groups is 2. The van der Waals surface area contributed by atoms with Crippen LogP contribution in [0, 0.1) is 0 Å². The zero-order chi connectivity index (χ0) is 46.3. The number of hydrogen-bond donors (Lipinski definition) is 0. The van der Waals surface area contributed by atoms with Crippen molar-refractivity contribution in [1.29, 1.82) is 0 Å². The molecule has 5 nitrogen and oxygen atoms in total. The molecule has 0 radical (unpaired) electrons. The molecule has 0 aliphatic carbocycles. The van der Waals surface area contributed by atoms with Gasteiger partial charge in [0.2, 0.25) is 0 Å². The van der Waals surface area contributed by atoms with Gasteiger partial charge in [-0.1, -0.05) is 276 Å². The SMILES string of the molecule is CC/C=C\C/C=C\C/C=C\CCCCCCCCCCOCC(COC(=O)CCCCCCCCCCCCCCCCCCC)OC(=O)CCCCCCCCCCCCCCC. The lowest BCUT2D eigenvalue weighted by Gasteiger charge is -2.18. The van der Waals surface area contributed by atoms with E-state index in [2.05, 4.69) is 57.2 Å². The van der Waals surface area contributed by atoms with Crippen molar-refractivity contribution in [3.63, 3.8) is 0 Å². The fourth-order valence-electron chi connectivity index (χ4n) is 8.47. The van der Waals surface area contributed by atoms with E-state index in [0.717, 1.165) is 57.8 Å². The van der Waals surface area contributed by atoms with Gasteiger partial charge in [0, 0.05) is 19.4 Å². The maximum absolute atomic E-state index is 12.8. The normalized spacial score (nSPS) is 12.4. The van der Waals surface area contributed by atoms with E-state index in [4.69, 9.17) is 14.2 Å². The van der Waals surface area contributed by atoms with Crippen LogP contribution in [0.5, 0.6) is 0 Å². The highest BCUT2D eigenvalue weighted by atomic mass is 16.6. The highest BCUT2D eigenvalue weighted by Crippen LogP contribution is 2.17. The average molecular weight is 900 g/mol. The van der Waals surface area contributed by atoms with Crippen molar-refractivity contribution in [2.45, 2.75) is 309 Å². The molecule has 0 aliphatic heterocycles. The van der Waals surface area contributed by atoms with Crippen LogP contribution in [0.25, 0.3) is 0 Å². The Bertz CT molecular complexity index is 1020. The number of hydrogen-bond acceptors (Lipinski definition) is 5. The molecular formula is C59H110O5. The molecule has 0 amide bonds. The van der Waals surface area contributed by atoms with Crippen molar-refractivity contribution in [3.8, 4) is 0 Å². The van der Waals surface area contributed by atoms with Crippen LogP contribution in [0.4, 0.5) is 0 Å². The molecular weight excluding hydrogens is 789 g/mol. The molecule has 0 aromatic carbocycles. The number of rotatable bonds is 53. The van der Waals surface area contributed by atoms with Crippen LogP contribution in [0.1, 0.15) is 303 Å². The molecule has 376 valence electrons. The first-order chi connectivity index (χ1) is 31.6. The molecule has 0 aromatic rings. The maximum atomic E-state index is 12.8. The van der Waals surface area contributed by atoms with Gasteiger partial charge in [-0.3, -0.25) is 9.59 Å². The van der Waals surface area contributed by atoms with Crippen LogP contribution in [-0.2, 0) is 23.8 Å². The van der Waals surface area contributed by atoms with Crippen molar-refractivity contribution in [2.75, 3.05) is 19.8 Å². The first-order valence-electron chi connectivity index (χ1n) is 28.5. The Kier molecular flexibility index (Phi) is 53.8. The summed E-state index contributed by atoms with van der Waals surface area (Å²) >= 11 is 0. The van der Waals surface area contributed by atoms with Crippen LogP contribution >= 0.6 is 0 Å². The molecule has 1 atom stereocenters. The molecule has 0 fully saturated rings. The Labute approximate surface area is 400 Å². The van der Waals surface area contributed by atoms with Crippen molar-refractivity contribution < 1.29 is 23.8 Å². The Hall–Kier alpha value is -1.88. The predicted molar refractivity (Wildman–Crippen MR) is 279 cm³/mol. The lowest BCUT2D eigenvalue weighted by atomic mass is 10.0. The molecule has 0 spiro atoms. The van der Waals surface area contributed by atoms with Crippen LogP contribution < -0.4 is 0 Å². The van der Waals surface area contributed by atoms with Crippen LogP contribution in [0.3, 0.4) is 0 Å². The predicted octanol–water partition coefficient (Wildman–Crippen LogP) is 19.4. The van der Waals surface area contributed by atoms with Crippen LogP contribution in [0.15, 0.2) is 36.5 Å². The minimum atomic E-state index is -0.534. The molecule has 5 heteroatoms. The molecule has 0 heterocycles. The van der Waals surface area contributed by atoms with Crippen LogP contribution in [0.2, 0.25) is 0 Å². The van der Waals surface area contributed by atoms with E-state index in [-0.39, 0.29) is 25.2 Å². The highest BCUT2D eigenvalue weighted by molar-refractivity contribution is 5.70. The van der Waals surface area contributed by atoms with Gasteiger partial charge in [-0.15, -0.1) is 0 Å². The topological polar surface area (TPSA) is 61.8 Å². The summed E-state index contributed by atoms with van der Waals surface area (Å²) in [6.07, 6.45) is 67.3. The van der Waals surface area contributed by atoms with E-state index < -0.39 is 6.10 Å². The van der Waals surface area contributed by atoms with Crippen molar-refractivity contribution in [1.82, 2.24) is 0 Å². The maximum Gasteiger partial charge on any atom is 0.306 e. The fraction of sp³-hybridized carbons (Fsp3) is 0.864. The molecule has 0 saturated carbocycles. The second kappa shape index (κ2) is 55.4. The van der Waals surface area contributed by atoms with Gasteiger partial charge >= 0.3 is 11.9 Å². The van der Waals surface area contributed by atoms with E-state index >= 15 is 0 Å². The Morgan fingerprint density at radius 3 is 1.12 bits per heavy atom. The van der Waals surface area contributed by atoms with Gasteiger partial charge in [-0.05, 0) is 51.4 Å². The summed E-state index contributed by atoms with van der Waals surface area (Å²) in [5, 5.41) is 0. The Morgan fingerprint density at radius 1 is 0.359 bits per heavy atom. The summed E-state index contributed by atoms with van der Waals surface area (Å²) in [4.78, 5) is 25.5. The fourth-order valence-corrected chi connectivity index (χ4v) is 8.47. The van der Waals surface area contributed by atoms with Gasteiger partial charge in [0.15, 0.2) is 6.10 Å². The van der Waals surface area contributed by atoms with Gasteiger partial charge in [0.25, 0.3) is 0 Å². The third-order valence-electron chi connectivity index (χ3n) is 12.7. The summed E-state index contributed by atoms with van der Waals surface area (Å²) in [5.74, 6) is -0.381. The van der Waals surface area contributed by atoms with Gasteiger partial charge in [0.05, 0.1) is 6.61 Å². The zero-order valence-corrected chi connectivity index (χ0v) is 43.3. The van der Waals surface area contributed by atoms with E-state index in [1.54, 1.807) is 0 Å². The summed E-state index contributed by atoms with van der Waals surface area (Å²) in [6, 6.07) is 0. The first kappa shape index (κ1) is 62.1. The van der Waals surface area contributed by atoms with Crippen molar-refractivity contribution in [3.05, 3.63) is 36.5 Å². The third kappa shape index (κ3) is 52.7. The van der Waals surface area contributed by atoms with E-state index in [9.17, 15) is 9.59 Å². The summed E-state index contributed by atoms with van der Waals surface area (Å²) in [6.45, 7) is 7.76.